The zero-order valence-corrected chi connectivity index (χ0v) is 34.3. The van der Waals surface area contributed by atoms with Gasteiger partial charge in [-0.05, 0) is 0 Å². The van der Waals surface area contributed by atoms with Gasteiger partial charge in [0.2, 0.25) is 0 Å². The van der Waals surface area contributed by atoms with E-state index in [9.17, 15) is 0 Å². The van der Waals surface area contributed by atoms with E-state index >= 15 is 0 Å². The Kier molecular flexibility index (Phi) is 18.8. The second kappa shape index (κ2) is 19.7. The third kappa shape index (κ3) is 17.9. The van der Waals surface area contributed by atoms with Crippen LogP contribution in [0.3, 0.4) is 0 Å². The Labute approximate surface area is 274 Å². The molecule has 4 aliphatic heterocycles. The van der Waals surface area contributed by atoms with E-state index in [0.29, 0.717) is 41.8 Å². The summed E-state index contributed by atoms with van der Waals surface area (Å²) in [4.78, 5) is 0. The van der Waals surface area contributed by atoms with E-state index in [-0.39, 0.29) is 41.8 Å². The van der Waals surface area contributed by atoms with E-state index in [4.69, 9.17) is 0 Å². The number of hydrogen-bond acceptors (Lipinski definition) is 7. The Balaban J connectivity index is 1.09. The summed E-state index contributed by atoms with van der Waals surface area (Å²) in [5, 5.41) is 6.45. The topological polar surface area (TPSA) is 0 Å². The summed E-state index contributed by atoms with van der Waals surface area (Å²) in [6, 6.07) is 0. The first-order valence-corrected chi connectivity index (χ1v) is 32.6. The summed E-state index contributed by atoms with van der Waals surface area (Å²) in [6.45, 7) is 0. The zero-order chi connectivity index (χ0) is 22.6. The second-order valence-electron chi connectivity index (χ2n) is 8.57. The van der Waals surface area contributed by atoms with Gasteiger partial charge >= 0.3 is 279 Å². The normalized spacial score (nSPS) is 29.1. The fourth-order valence-electron chi connectivity index (χ4n) is 2.92. The molecule has 6 unspecified atom stereocenters. The molecule has 4 aliphatic rings. The van der Waals surface area contributed by atoms with Crippen LogP contribution in [0.5, 0.6) is 0 Å². The Morgan fingerprint density at radius 2 is 0.939 bits per heavy atom. The van der Waals surface area contributed by atoms with Crippen LogP contribution in [-0.4, -0.2) is 161 Å². The molecule has 11 heteroatoms. The molecule has 4 heterocycles. The Bertz CT molecular complexity index is 475. The van der Waals surface area contributed by atoms with Crippen molar-refractivity contribution in [2.75, 3.05) is 46.0 Å². The summed E-state index contributed by atoms with van der Waals surface area (Å²) in [5.74, 6) is 11.9. The molecular weight excluding hydrogens is 999 g/mol. The molecule has 0 spiro atoms. The van der Waals surface area contributed by atoms with Crippen LogP contribution in [0.4, 0.5) is 0 Å². The molecule has 0 aromatic rings. The van der Waals surface area contributed by atoms with E-state index < -0.39 is 0 Å². The molecule has 0 saturated carbocycles. The van der Waals surface area contributed by atoms with Crippen LogP contribution in [0.2, 0.25) is 35.8 Å². The first-order valence-electron chi connectivity index (χ1n) is 11.9. The predicted octanol–water partition coefficient (Wildman–Crippen LogP) is 6.55. The van der Waals surface area contributed by atoms with Crippen molar-refractivity contribution in [3.8, 4) is 0 Å². The van der Waals surface area contributed by atoms with Crippen molar-refractivity contribution in [1.82, 2.24) is 0 Å². The first-order chi connectivity index (χ1) is 16.3. The second-order valence-corrected chi connectivity index (χ2v) is 30.5. The van der Waals surface area contributed by atoms with Gasteiger partial charge in [-0.25, -0.2) is 0 Å². The van der Waals surface area contributed by atoms with Crippen molar-refractivity contribution in [2.45, 2.75) is 67.2 Å². The van der Waals surface area contributed by atoms with Gasteiger partial charge < -0.3 is 0 Å². The van der Waals surface area contributed by atoms with E-state index in [1.807, 2.05) is 0 Å². The predicted molar refractivity (Wildman–Crippen MR) is 176 cm³/mol. The van der Waals surface area contributed by atoms with Gasteiger partial charge in [-0.15, -0.1) is 0 Å². The molecule has 33 heavy (non-hydrogen) atoms. The van der Waals surface area contributed by atoms with Crippen LogP contribution in [0.25, 0.3) is 0 Å². The van der Waals surface area contributed by atoms with Crippen LogP contribution >= 0.6 is 82.3 Å². The van der Waals surface area contributed by atoms with Gasteiger partial charge in [-0.3, -0.25) is 0 Å². The minimum absolute atomic E-state index is 0.289. The average Bonchev–Trinajstić information content (AvgIpc) is 3.62. The molecule has 4 fully saturated rings. The third-order valence-electron chi connectivity index (χ3n) is 5.20. The van der Waals surface area contributed by atoms with E-state index in [0.717, 1.165) is 31.5 Å². The van der Waals surface area contributed by atoms with Crippen molar-refractivity contribution in [3.63, 3.8) is 0 Å². The van der Waals surface area contributed by atoms with Gasteiger partial charge in [0.05, 0.1) is 0 Å². The molecule has 0 aromatic heterocycles. The van der Waals surface area contributed by atoms with Crippen molar-refractivity contribution >= 4 is 166 Å². The standard InChI is InChI=1S/C22H38S7Te4/c1(3-30-11-19-7-26-19)24-17(13-32-15-21-9-28-21)5-23-6-18(14-33-16-22-10-29-22)25-2-4-31-12-20-8-27-20/h17-22H,1-16H2. The molecule has 4 rings (SSSR count). The fraction of sp³-hybridized carbons (Fsp3) is 1.00. The maximum absolute atomic E-state index is 2.41. The molecule has 0 nitrogen and oxygen atoms in total. The van der Waals surface area contributed by atoms with Crippen LogP contribution in [-0.2, 0) is 0 Å². The minimum atomic E-state index is 0.289. The summed E-state index contributed by atoms with van der Waals surface area (Å²) >= 11 is 17.4. The molecule has 0 N–H and O–H groups in total. The third-order valence-corrected chi connectivity index (χ3v) is 32.6. The van der Waals surface area contributed by atoms with Gasteiger partial charge in [0, 0.05) is 0 Å². The van der Waals surface area contributed by atoms with Crippen molar-refractivity contribution in [3.05, 3.63) is 0 Å². The summed E-state index contributed by atoms with van der Waals surface area (Å²) in [5.41, 5.74) is 0. The number of hydrogen-bond donors (Lipinski definition) is 0. The molecule has 0 aliphatic carbocycles. The molecule has 4 saturated heterocycles. The van der Waals surface area contributed by atoms with Crippen LogP contribution in [0, 0.1) is 0 Å². The van der Waals surface area contributed by atoms with E-state index in [1.54, 1.807) is 35.8 Å². The first kappa shape index (κ1) is 31.5. The Morgan fingerprint density at radius 1 is 0.576 bits per heavy atom. The average molecular weight is 1040 g/mol. The van der Waals surface area contributed by atoms with E-state index in [2.05, 4.69) is 82.3 Å². The quantitative estimate of drug-likeness (QED) is 0.0605. The van der Waals surface area contributed by atoms with Gasteiger partial charge in [-0.2, -0.15) is 0 Å². The van der Waals surface area contributed by atoms with Crippen molar-refractivity contribution < 1.29 is 0 Å². The maximum atomic E-state index is 2.41. The summed E-state index contributed by atoms with van der Waals surface area (Å²) in [7, 11) is 0. The van der Waals surface area contributed by atoms with Crippen LogP contribution in [0.15, 0.2) is 0 Å². The Morgan fingerprint density at radius 3 is 1.30 bits per heavy atom. The Hall–Kier alpha value is 5.61. The van der Waals surface area contributed by atoms with Crippen LogP contribution in [0.1, 0.15) is 0 Å². The molecular formula is C22H38S7Te4. The molecule has 6 atom stereocenters. The zero-order valence-electron chi connectivity index (χ0n) is 19.3. The molecule has 0 radical (unpaired) electrons. The van der Waals surface area contributed by atoms with Crippen LogP contribution < -0.4 is 0 Å². The van der Waals surface area contributed by atoms with Crippen molar-refractivity contribution in [1.29, 1.82) is 0 Å². The number of thioether (sulfide) groups is 7. The van der Waals surface area contributed by atoms with Crippen molar-refractivity contribution in [2.24, 2.45) is 0 Å². The van der Waals surface area contributed by atoms with Gasteiger partial charge in [0.25, 0.3) is 0 Å². The van der Waals surface area contributed by atoms with E-state index in [1.165, 1.54) is 46.0 Å². The molecule has 192 valence electrons. The van der Waals surface area contributed by atoms with Gasteiger partial charge in [0.15, 0.2) is 0 Å². The SMILES string of the molecule is C(C[Te]CC1CS1)SC(CSCC(C[Te]CC1CS1)SCC[Te]CC1CS1)C[Te]CC1CS1. The summed E-state index contributed by atoms with van der Waals surface area (Å²) < 4.78 is 13.0. The van der Waals surface area contributed by atoms with Gasteiger partial charge in [-0.1, -0.05) is 0 Å². The van der Waals surface area contributed by atoms with Gasteiger partial charge in [0.1, 0.15) is 0 Å². The number of rotatable bonds is 24. The fourth-order valence-corrected chi connectivity index (χ4v) is 31.4. The molecule has 0 bridgehead atoms. The molecule has 0 amide bonds. The monoisotopic (exact) mass is 1050 g/mol. The summed E-state index contributed by atoms with van der Waals surface area (Å²) in [6.07, 6.45) is 0. The molecule has 0 aromatic carbocycles.